The molecule has 5 aromatic rings. The number of nitrogens with zero attached hydrogens (tertiary/aromatic N) is 2. The van der Waals surface area contributed by atoms with Gasteiger partial charge in [0.25, 0.3) is 0 Å². The van der Waals surface area contributed by atoms with E-state index in [0.717, 1.165) is 5.52 Å². The lowest BCUT2D eigenvalue weighted by molar-refractivity contribution is 0.276. The number of aliphatic hydroxyl groups is 1. The molecule has 0 aliphatic rings. The molecule has 0 aliphatic heterocycles. The molecule has 0 radical (unpaired) electrons. The first-order chi connectivity index (χ1) is 17.5. The number of benzene rings is 4. The van der Waals surface area contributed by atoms with Crippen molar-refractivity contribution >= 4 is 79.0 Å². The van der Waals surface area contributed by atoms with Gasteiger partial charge in [-0.05, 0) is 87.8 Å². The number of rotatable bonds is 6. The third-order valence-corrected chi connectivity index (χ3v) is 14.4. The second kappa shape index (κ2) is 10.9. The molecule has 3 nitrogen and oxygen atoms in total. The fraction of sp³-hybridized carbons (Fsp3) is 0.167. The van der Waals surface area contributed by atoms with Crippen LogP contribution in [0.25, 0.3) is 11.0 Å². The van der Waals surface area contributed by atoms with Gasteiger partial charge in [-0.1, -0.05) is 84.9 Å². The molecule has 0 saturated heterocycles. The van der Waals surface area contributed by atoms with E-state index in [0.29, 0.717) is 6.54 Å². The number of hydrogen-bond acceptors (Lipinski definition) is 1. The Morgan fingerprint density at radius 3 is 1.83 bits per heavy atom. The van der Waals surface area contributed by atoms with Gasteiger partial charge in [0.05, 0.1) is 17.6 Å². The molecule has 184 valence electrons. The van der Waals surface area contributed by atoms with E-state index in [9.17, 15) is 5.11 Å². The smallest absolute Gasteiger partial charge is 0.121 e. The van der Waals surface area contributed by atoms with Gasteiger partial charge < -0.3 is 14.2 Å². The molecule has 0 atom stereocenters. The molecular weight excluding hydrogens is 689 g/mol. The third kappa shape index (κ3) is 4.22. The molecule has 0 spiro atoms. The Labute approximate surface area is 240 Å². The van der Waals surface area contributed by atoms with E-state index in [1.807, 2.05) is 0 Å². The maximum atomic E-state index is 10.3. The first kappa shape index (κ1) is 25.8. The summed E-state index contributed by atoms with van der Waals surface area (Å²) >= 11 is 5.01. The predicted molar refractivity (Wildman–Crippen MR) is 171 cm³/mol. The van der Waals surface area contributed by atoms with Gasteiger partial charge in [0.15, 0.2) is 0 Å². The molecule has 1 N–H and O–H groups in total. The van der Waals surface area contributed by atoms with Crippen molar-refractivity contribution < 1.29 is 5.11 Å². The monoisotopic (exact) mass is 718 g/mol. The summed E-state index contributed by atoms with van der Waals surface area (Å²) in [5.41, 5.74) is 2.36. The normalized spacial score (nSPS) is 11.9. The maximum Gasteiger partial charge on any atom is 0.121 e. The molecule has 0 saturated carbocycles. The zero-order valence-corrected chi connectivity index (χ0v) is 25.6. The summed E-state index contributed by atoms with van der Waals surface area (Å²) in [6.07, 6.45) is 0. The molecular formula is C30H29I2N2OP. The number of hydrogen-bond donors (Lipinski definition) is 1. The van der Waals surface area contributed by atoms with Crippen LogP contribution in [-0.2, 0) is 6.54 Å². The minimum Gasteiger partial charge on any atom is -0.395 e. The Balaban J connectivity index is 2.26. The van der Waals surface area contributed by atoms with E-state index in [4.69, 9.17) is 0 Å². The van der Waals surface area contributed by atoms with Crippen molar-refractivity contribution in [1.29, 1.82) is 0 Å². The van der Waals surface area contributed by atoms with Crippen molar-refractivity contribution in [2.45, 2.75) is 26.4 Å². The summed E-state index contributed by atoms with van der Waals surface area (Å²) in [5, 5.41) is 15.6. The average Bonchev–Trinajstić information content (AvgIpc) is 3.23. The average molecular weight is 718 g/mol. The van der Waals surface area contributed by atoms with E-state index in [2.05, 4.69) is 171 Å². The highest BCUT2D eigenvalue weighted by Crippen LogP contribution is 2.50. The number of halogens is 2. The molecule has 0 fully saturated rings. The molecule has 0 unspecified atom stereocenters. The number of aliphatic hydroxyl groups excluding tert-OH is 1. The zero-order chi connectivity index (χ0) is 25.3. The van der Waals surface area contributed by atoms with E-state index >= 15 is 0 Å². The van der Waals surface area contributed by atoms with E-state index in [-0.39, 0.29) is 12.6 Å². The summed E-state index contributed by atoms with van der Waals surface area (Å²) in [5.74, 6) is 0. The van der Waals surface area contributed by atoms with Crippen LogP contribution >= 0.6 is 52.1 Å². The highest BCUT2D eigenvalue weighted by Gasteiger charge is 2.33. The lowest BCUT2D eigenvalue weighted by atomic mass is 10.3. The molecule has 36 heavy (non-hydrogen) atoms. The second-order valence-corrected chi connectivity index (χ2v) is 14.5. The number of imidazole rings is 1. The van der Waals surface area contributed by atoms with Crippen molar-refractivity contribution in [1.82, 2.24) is 9.13 Å². The lowest BCUT2D eigenvalue weighted by Crippen LogP contribution is -2.30. The van der Waals surface area contributed by atoms with Crippen molar-refractivity contribution in [3.8, 4) is 0 Å². The molecule has 0 aliphatic carbocycles. The van der Waals surface area contributed by atoms with Gasteiger partial charge in [-0.25, -0.2) is 0 Å². The van der Waals surface area contributed by atoms with Crippen LogP contribution in [0.2, 0.25) is 0 Å². The minimum atomic E-state index is -2.40. The summed E-state index contributed by atoms with van der Waals surface area (Å²) < 4.78 is 7.45. The first-order valence-electron chi connectivity index (χ1n) is 12.1. The Hall–Kier alpha value is -1.80. The number of fused-ring (bicyclic) bond motifs is 1. The van der Waals surface area contributed by atoms with Gasteiger partial charge in [0.2, 0.25) is 0 Å². The van der Waals surface area contributed by atoms with Gasteiger partial charge in [0.1, 0.15) is 5.20 Å². The van der Waals surface area contributed by atoms with E-state index in [1.54, 1.807) is 0 Å². The van der Waals surface area contributed by atoms with E-state index < -0.39 is 6.89 Å². The quantitative estimate of drug-likeness (QED) is 0.153. The van der Waals surface area contributed by atoms with Crippen LogP contribution in [0, 0.1) is 12.3 Å². The van der Waals surface area contributed by atoms with Crippen LogP contribution in [0.1, 0.15) is 19.9 Å². The van der Waals surface area contributed by atoms with Crippen LogP contribution in [0.3, 0.4) is 0 Å². The fourth-order valence-electron chi connectivity index (χ4n) is 5.23. The number of aromatic nitrogens is 2. The van der Waals surface area contributed by atoms with Crippen molar-refractivity contribution in [3.05, 3.63) is 115 Å². The Morgan fingerprint density at radius 2 is 1.28 bits per heavy atom. The minimum absolute atomic E-state index is 0.0801. The summed E-state index contributed by atoms with van der Waals surface area (Å²) in [7, 11) is 0. The van der Waals surface area contributed by atoms with Gasteiger partial charge in [0, 0.05) is 31.9 Å². The van der Waals surface area contributed by atoms with Gasteiger partial charge >= 0.3 is 0 Å². The third-order valence-electron chi connectivity index (χ3n) is 6.61. The van der Waals surface area contributed by atoms with Crippen LogP contribution in [0.5, 0.6) is 0 Å². The second-order valence-electron chi connectivity index (χ2n) is 9.04. The van der Waals surface area contributed by atoms with Gasteiger partial charge in [-0.2, -0.15) is 0 Å². The molecule has 6 heteroatoms. The molecule has 4 aromatic carbocycles. The summed E-state index contributed by atoms with van der Waals surface area (Å²) in [6, 6.07) is 37.6. The standard InChI is InChI=1S/C30H29I2N2OP/c1-22(2)34-27-18-10-9-17-26(27)33(20-21-35)30(34)36(23-12-5-3-6-13-23,24-14-7-4-8-15-24)28-19-11-16-25(31)29(28)32/h3-19,22,35H,20-21H2,1-2H3. The van der Waals surface area contributed by atoms with Crippen molar-refractivity contribution in [2.24, 2.45) is 0 Å². The predicted octanol–water partition coefficient (Wildman–Crippen LogP) is 6.75. The fourth-order valence-corrected chi connectivity index (χ4v) is 12.1. The SMILES string of the molecule is CC(C)n1c(=P(c2ccccc2)(c2ccccc2)c2cccc(I)c2I)n(CCO)c2ccccc21. The van der Waals surface area contributed by atoms with Gasteiger partial charge in [-0.3, -0.25) is 0 Å². The molecule has 0 bridgehead atoms. The zero-order valence-electron chi connectivity index (χ0n) is 20.4. The summed E-state index contributed by atoms with van der Waals surface area (Å²) in [4.78, 5) is 0. The lowest BCUT2D eigenvalue weighted by Gasteiger charge is -2.31. The highest BCUT2D eigenvalue weighted by molar-refractivity contribution is 14.1. The van der Waals surface area contributed by atoms with Crippen LogP contribution in [0.15, 0.2) is 103 Å². The molecule has 5 rings (SSSR count). The Bertz CT molecular complexity index is 1560. The first-order valence-corrected chi connectivity index (χ1v) is 16.1. The molecule has 0 amide bonds. The maximum absolute atomic E-state index is 10.3. The van der Waals surface area contributed by atoms with Crippen molar-refractivity contribution in [2.75, 3.05) is 6.61 Å². The topological polar surface area (TPSA) is 30.1 Å². The molecule has 1 heterocycles. The van der Waals surface area contributed by atoms with Crippen LogP contribution in [0.4, 0.5) is 0 Å². The van der Waals surface area contributed by atoms with Crippen LogP contribution in [-0.4, -0.2) is 20.8 Å². The van der Waals surface area contributed by atoms with E-state index in [1.165, 1.54) is 33.8 Å². The van der Waals surface area contributed by atoms with Crippen LogP contribution < -0.4 is 15.9 Å². The van der Waals surface area contributed by atoms with Gasteiger partial charge in [-0.15, -0.1) is 0 Å². The Morgan fingerprint density at radius 1 is 0.722 bits per heavy atom. The Kier molecular flexibility index (Phi) is 7.82. The van der Waals surface area contributed by atoms with Crippen molar-refractivity contribution in [3.63, 3.8) is 0 Å². The number of para-hydroxylation sites is 2. The summed E-state index contributed by atoms with van der Waals surface area (Å²) in [6.45, 7) is 2.76. The molecule has 1 aromatic heterocycles. The largest absolute Gasteiger partial charge is 0.395 e. The highest BCUT2D eigenvalue weighted by atomic mass is 127.